The summed E-state index contributed by atoms with van der Waals surface area (Å²) in [7, 11) is 0. The fraction of sp³-hybridized carbons (Fsp3) is 0.154. The van der Waals surface area contributed by atoms with Crippen LogP contribution in [0.15, 0.2) is 60.7 Å². The second-order valence-corrected chi connectivity index (χ2v) is 9.39. The van der Waals surface area contributed by atoms with Crippen molar-refractivity contribution in [1.82, 2.24) is 10.3 Å². The third-order valence-electron chi connectivity index (χ3n) is 5.77. The summed E-state index contributed by atoms with van der Waals surface area (Å²) in [5.41, 5.74) is 4.65. The van der Waals surface area contributed by atoms with Gasteiger partial charge in [-0.15, -0.1) is 11.3 Å². The van der Waals surface area contributed by atoms with E-state index in [-0.39, 0.29) is 11.0 Å². The van der Waals surface area contributed by atoms with Gasteiger partial charge in [-0.1, -0.05) is 48.5 Å². The van der Waals surface area contributed by atoms with Crippen molar-refractivity contribution in [3.8, 4) is 17.3 Å². The number of carbonyl (C=O) groups is 1. The maximum atomic E-state index is 13.3. The molecule has 0 saturated carbocycles. The molecule has 162 valence electrons. The molecule has 1 amide bonds. The van der Waals surface area contributed by atoms with Crippen LogP contribution in [0.4, 0.5) is 5.00 Å². The van der Waals surface area contributed by atoms with E-state index >= 15 is 0 Å². The number of pyridine rings is 1. The maximum absolute atomic E-state index is 13.3. The molecule has 0 atom stereocenters. The van der Waals surface area contributed by atoms with Crippen molar-refractivity contribution in [2.75, 3.05) is 5.32 Å². The normalized spacial score (nSPS) is 12.6. The maximum Gasteiger partial charge on any atom is 0.258 e. The van der Waals surface area contributed by atoms with E-state index in [1.807, 2.05) is 54.6 Å². The van der Waals surface area contributed by atoms with Gasteiger partial charge in [-0.25, -0.2) is 4.98 Å². The van der Waals surface area contributed by atoms with Crippen LogP contribution in [0, 0.1) is 11.3 Å². The smallest absolute Gasteiger partial charge is 0.258 e. The van der Waals surface area contributed by atoms with E-state index in [0.717, 1.165) is 53.4 Å². The number of para-hydroxylation sites is 1. The van der Waals surface area contributed by atoms with Gasteiger partial charge in [0.15, 0.2) is 5.11 Å². The highest BCUT2D eigenvalue weighted by molar-refractivity contribution is 7.80. The summed E-state index contributed by atoms with van der Waals surface area (Å²) in [6.07, 6.45) is 4.14. The van der Waals surface area contributed by atoms with Gasteiger partial charge in [0.1, 0.15) is 11.1 Å². The Morgan fingerprint density at radius 1 is 1.06 bits per heavy atom. The van der Waals surface area contributed by atoms with Crippen molar-refractivity contribution in [1.29, 1.82) is 5.26 Å². The molecular weight excluding hydrogens is 448 g/mol. The fourth-order valence-electron chi connectivity index (χ4n) is 4.20. The molecule has 2 aromatic carbocycles. The van der Waals surface area contributed by atoms with Crippen molar-refractivity contribution in [3.63, 3.8) is 0 Å². The highest BCUT2D eigenvalue weighted by Gasteiger charge is 2.22. The Bertz CT molecular complexity index is 1420. The number of fused-ring (bicyclic) bond motifs is 2. The molecule has 1 aliphatic carbocycles. The lowest BCUT2D eigenvalue weighted by molar-refractivity contribution is 0.0979. The topological polar surface area (TPSA) is 77.8 Å². The summed E-state index contributed by atoms with van der Waals surface area (Å²) in [4.78, 5) is 19.2. The molecule has 5 rings (SSSR count). The van der Waals surface area contributed by atoms with Gasteiger partial charge in [-0.3, -0.25) is 10.1 Å². The monoisotopic (exact) mass is 468 g/mol. The van der Waals surface area contributed by atoms with E-state index in [1.165, 1.54) is 4.88 Å². The van der Waals surface area contributed by atoms with Gasteiger partial charge in [0.25, 0.3) is 5.91 Å². The zero-order chi connectivity index (χ0) is 22.8. The molecule has 33 heavy (non-hydrogen) atoms. The zero-order valence-corrected chi connectivity index (χ0v) is 19.4. The second kappa shape index (κ2) is 9.10. The summed E-state index contributed by atoms with van der Waals surface area (Å²) < 4.78 is 0. The van der Waals surface area contributed by atoms with Gasteiger partial charge in [0.2, 0.25) is 0 Å². The van der Waals surface area contributed by atoms with Crippen molar-refractivity contribution >= 4 is 50.5 Å². The molecule has 2 N–H and O–H groups in total. The first kappa shape index (κ1) is 21.3. The van der Waals surface area contributed by atoms with Crippen LogP contribution in [0.1, 0.15) is 39.2 Å². The predicted molar refractivity (Wildman–Crippen MR) is 137 cm³/mol. The lowest BCUT2D eigenvalue weighted by Crippen LogP contribution is -2.34. The standard InChI is InChI=1S/C26H20N4OS2/c27-15-20-18-11-5-7-13-23(18)33-25(20)30-26(32)29-24(31)19-14-22(16-8-2-1-3-9-16)28-21-12-6-4-10-17(19)21/h1-4,6,8-10,12,14H,5,7,11,13H2,(H2,29,30,31,32). The van der Waals surface area contributed by atoms with Crippen LogP contribution in [0.2, 0.25) is 0 Å². The first-order valence-corrected chi connectivity index (χ1v) is 12.0. The molecule has 0 bridgehead atoms. The molecule has 0 radical (unpaired) electrons. The molecular formula is C26H20N4OS2. The Kier molecular flexibility index (Phi) is 5.86. The van der Waals surface area contributed by atoms with Crippen LogP contribution < -0.4 is 10.6 Å². The number of hydrogen-bond acceptors (Lipinski definition) is 5. The van der Waals surface area contributed by atoms with Gasteiger partial charge < -0.3 is 5.32 Å². The van der Waals surface area contributed by atoms with Crippen molar-refractivity contribution in [2.45, 2.75) is 25.7 Å². The highest BCUT2D eigenvalue weighted by atomic mass is 32.1. The lowest BCUT2D eigenvalue weighted by atomic mass is 9.96. The predicted octanol–water partition coefficient (Wildman–Crippen LogP) is 5.84. The molecule has 0 saturated heterocycles. The molecule has 1 aliphatic rings. The van der Waals surface area contributed by atoms with Crippen molar-refractivity contribution in [3.05, 3.63) is 82.2 Å². The van der Waals surface area contributed by atoms with Crippen LogP contribution in [-0.4, -0.2) is 16.0 Å². The number of rotatable bonds is 3. The molecule has 0 fully saturated rings. The summed E-state index contributed by atoms with van der Waals surface area (Å²) in [5.74, 6) is -0.317. The summed E-state index contributed by atoms with van der Waals surface area (Å²) >= 11 is 7.01. The number of amides is 1. The molecule has 4 aromatic rings. The van der Waals surface area contributed by atoms with Gasteiger partial charge >= 0.3 is 0 Å². The fourth-order valence-corrected chi connectivity index (χ4v) is 5.70. The molecule has 0 aliphatic heterocycles. The lowest BCUT2D eigenvalue weighted by Gasteiger charge is -2.12. The minimum Gasteiger partial charge on any atom is -0.323 e. The minimum atomic E-state index is -0.317. The Balaban J connectivity index is 1.43. The number of nitrogens with one attached hydrogen (secondary N) is 2. The summed E-state index contributed by atoms with van der Waals surface area (Å²) in [5, 5.41) is 17.2. The highest BCUT2D eigenvalue weighted by Crippen LogP contribution is 2.37. The number of aryl methyl sites for hydroxylation is 1. The number of anilines is 1. The number of hydrogen-bond donors (Lipinski definition) is 2. The Morgan fingerprint density at radius 2 is 1.82 bits per heavy atom. The number of thiocarbonyl (C=S) groups is 1. The molecule has 5 nitrogen and oxygen atoms in total. The van der Waals surface area contributed by atoms with E-state index in [2.05, 4.69) is 16.7 Å². The van der Waals surface area contributed by atoms with Crippen molar-refractivity contribution < 1.29 is 4.79 Å². The molecule has 7 heteroatoms. The van der Waals surface area contributed by atoms with Crippen LogP contribution in [0.25, 0.3) is 22.2 Å². The number of carbonyl (C=O) groups excluding carboxylic acids is 1. The SMILES string of the molecule is N#Cc1c(NC(=S)NC(=O)c2cc(-c3ccccc3)nc3ccccc23)sc2c1CCCC2. The van der Waals surface area contributed by atoms with Crippen LogP contribution in [0.3, 0.4) is 0 Å². The first-order chi connectivity index (χ1) is 16.1. The number of nitriles is 1. The Labute approximate surface area is 201 Å². The van der Waals surface area contributed by atoms with Crippen molar-refractivity contribution in [2.24, 2.45) is 0 Å². The number of aromatic nitrogens is 1. The van der Waals surface area contributed by atoms with E-state index in [1.54, 1.807) is 17.4 Å². The average Bonchev–Trinajstić information content (AvgIpc) is 3.20. The van der Waals surface area contributed by atoms with Crippen LogP contribution >= 0.6 is 23.6 Å². The minimum absolute atomic E-state index is 0.178. The summed E-state index contributed by atoms with van der Waals surface area (Å²) in [6, 6.07) is 21.4. The molecule has 2 heterocycles. The van der Waals surface area contributed by atoms with E-state index in [4.69, 9.17) is 17.2 Å². The number of thiophene rings is 1. The molecule has 0 spiro atoms. The largest absolute Gasteiger partial charge is 0.323 e. The second-order valence-electron chi connectivity index (χ2n) is 7.87. The van der Waals surface area contributed by atoms with E-state index in [0.29, 0.717) is 16.1 Å². The third-order valence-corrected chi connectivity index (χ3v) is 7.18. The number of benzene rings is 2. The Hall–Kier alpha value is -3.60. The van der Waals surface area contributed by atoms with Crippen LogP contribution in [0.5, 0.6) is 0 Å². The third kappa shape index (κ3) is 4.23. The van der Waals surface area contributed by atoms with Gasteiger partial charge in [0, 0.05) is 15.8 Å². The van der Waals surface area contributed by atoms with Gasteiger partial charge in [0.05, 0.1) is 22.3 Å². The zero-order valence-electron chi connectivity index (χ0n) is 17.7. The average molecular weight is 469 g/mol. The summed E-state index contributed by atoms with van der Waals surface area (Å²) in [6.45, 7) is 0. The van der Waals surface area contributed by atoms with E-state index in [9.17, 15) is 10.1 Å². The first-order valence-electron chi connectivity index (χ1n) is 10.8. The van der Waals surface area contributed by atoms with Gasteiger partial charge in [-0.2, -0.15) is 5.26 Å². The van der Waals surface area contributed by atoms with E-state index < -0.39 is 0 Å². The quantitative estimate of drug-likeness (QED) is 0.369. The van der Waals surface area contributed by atoms with Crippen LogP contribution in [-0.2, 0) is 12.8 Å². The van der Waals surface area contributed by atoms with Gasteiger partial charge in [-0.05, 0) is 55.6 Å². The number of nitrogens with zero attached hydrogens (tertiary/aromatic N) is 2. The molecule has 2 aromatic heterocycles. The molecule has 0 unspecified atom stereocenters. The Morgan fingerprint density at radius 3 is 2.64 bits per heavy atom.